The number of alkyl carbamates (subject to hydrolysis) is 1. The Labute approximate surface area is 308 Å². The van der Waals surface area contributed by atoms with E-state index >= 15 is 0 Å². The molecule has 1 aliphatic carbocycles. The molecule has 14 heteroatoms. The van der Waals surface area contributed by atoms with Gasteiger partial charge in [-0.2, -0.15) is 0 Å². The summed E-state index contributed by atoms with van der Waals surface area (Å²) in [6.07, 6.45) is 2.90. The predicted molar refractivity (Wildman–Crippen MR) is 196 cm³/mol. The number of likely N-dealkylation sites (tertiary alicyclic amines) is 1. The van der Waals surface area contributed by atoms with E-state index in [2.05, 4.69) is 80.8 Å². The van der Waals surface area contributed by atoms with E-state index in [9.17, 15) is 9.59 Å². The highest BCUT2D eigenvalue weighted by atomic mass is 79.9. The van der Waals surface area contributed by atoms with Gasteiger partial charge in [0.25, 0.3) is 5.91 Å². The molecule has 8 rings (SSSR count). The quantitative estimate of drug-likeness (QED) is 0.273. The number of imidazole rings is 1. The lowest BCUT2D eigenvalue weighted by atomic mass is 9.48. The Morgan fingerprint density at radius 2 is 1.71 bits per heavy atom. The fourth-order valence-electron chi connectivity index (χ4n) is 9.29. The summed E-state index contributed by atoms with van der Waals surface area (Å²) in [6, 6.07) is 12.7. The van der Waals surface area contributed by atoms with Crippen molar-refractivity contribution in [3.8, 4) is 0 Å². The van der Waals surface area contributed by atoms with Gasteiger partial charge in [0.05, 0.1) is 46.6 Å². The number of ether oxygens (including phenoxy) is 1. The number of aromatic nitrogens is 2. The lowest BCUT2D eigenvalue weighted by molar-refractivity contribution is -0.134. The summed E-state index contributed by atoms with van der Waals surface area (Å²) in [5.74, 6) is 0.498. The number of carbonyl (C=O) groups excluding carboxylic acids is 2. The molecular formula is C37H47B2BrN4O7. The van der Waals surface area contributed by atoms with E-state index in [4.69, 9.17) is 28.3 Å². The number of rotatable bonds is 6. The molecule has 0 radical (unpaired) electrons. The van der Waals surface area contributed by atoms with E-state index in [1.165, 1.54) is 7.11 Å². The highest BCUT2D eigenvalue weighted by Gasteiger charge is 2.72. The van der Waals surface area contributed by atoms with Gasteiger partial charge in [-0.05, 0) is 114 Å². The Balaban J connectivity index is 1.14. The zero-order valence-electron chi connectivity index (χ0n) is 30.7. The third kappa shape index (κ3) is 5.57. The van der Waals surface area contributed by atoms with Crippen LogP contribution in [0.2, 0.25) is 0 Å². The first-order valence-corrected chi connectivity index (χ1v) is 18.9. The number of fused-ring (bicyclic) bond motifs is 6. The van der Waals surface area contributed by atoms with Crippen molar-refractivity contribution in [2.24, 2.45) is 17.3 Å². The van der Waals surface area contributed by atoms with Gasteiger partial charge in [-0.3, -0.25) is 4.79 Å². The van der Waals surface area contributed by atoms with E-state index in [0.717, 1.165) is 46.2 Å². The van der Waals surface area contributed by atoms with Crippen molar-refractivity contribution in [1.29, 1.82) is 0 Å². The van der Waals surface area contributed by atoms with Crippen LogP contribution in [0.4, 0.5) is 4.79 Å². The van der Waals surface area contributed by atoms with Gasteiger partial charge in [0.1, 0.15) is 11.9 Å². The Hall–Kier alpha value is -2.90. The third-order valence-electron chi connectivity index (χ3n) is 13.3. The molecule has 1 spiro atoms. The Kier molecular flexibility index (Phi) is 8.13. The number of nitrogens with one attached hydrogen (secondary N) is 2. The number of hydrogen-bond donors (Lipinski definition) is 2. The molecule has 1 saturated carbocycles. The molecule has 6 atom stereocenters. The number of benzene rings is 2. The number of hydrogen-bond acceptors (Lipinski definition) is 8. The van der Waals surface area contributed by atoms with E-state index in [-0.39, 0.29) is 29.2 Å². The largest absolute Gasteiger partial charge is 0.489 e. The molecular weight excluding hydrogens is 714 g/mol. The summed E-state index contributed by atoms with van der Waals surface area (Å²) in [6.45, 7) is 15.4. The molecule has 3 aromatic rings. The highest BCUT2D eigenvalue weighted by molar-refractivity contribution is 9.10. The van der Waals surface area contributed by atoms with Crippen molar-refractivity contribution in [3.63, 3.8) is 0 Å². The molecule has 1 aromatic heterocycles. The zero-order valence-corrected chi connectivity index (χ0v) is 32.3. The Bertz CT molecular complexity index is 1900. The topological polar surface area (TPSA) is 124 Å². The summed E-state index contributed by atoms with van der Waals surface area (Å²) in [7, 11) is 0.0314. The second kappa shape index (κ2) is 11.8. The highest BCUT2D eigenvalue weighted by Crippen LogP contribution is 2.59. The maximum atomic E-state index is 14.8. The summed E-state index contributed by atoms with van der Waals surface area (Å²) >= 11 is 3.55. The lowest BCUT2D eigenvalue weighted by Crippen LogP contribution is -2.61. The van der Waals surface area contributed by atoms with Gasteiger partial charge in [-0.15, -0.1) is 0 Å². The molecule has 4 bridgehead atoms. The van der Waals surface area contributed by atoms with Gasteiger partial charge in [0.15, 0.2) is 0 Å². The second-order valence-electron chi connectivity index (χ2n) is 16.8. The van der Waals surface area contributed by atoms with Crippen molar-refractivity contribution < 1.29 is 32.9 Å². The standard InChI is InChI=1S/C37H47B2BrN4O7/c1-21-25(36(7)34(4,5)49-39(51-36)38-48-33(2,3)35(21,6)50-38)17-22-10-9-11-23(16-22)29(43-32(46)47-8)31(45)44-20-37(14-15-37)19-28(44)30-41-26-13-12-24(40)18-27(26)42-30/h9-13,16,18,21,25,28-29H,14-15,17,19-20H2,1-8H3,(H,41,42)(H,43,46). The second-order valence-corrected chi connectivity index (χ2v) is 17.7. The number of aromatic amines is 1. The number of carbonyl (C=O) groups is 2. The molecule has 2 aromatic carbocycles. The van der Waals surface area contributed by atoms with Crippen molar-refractivity contribution >= 4 is 53.0 Å². The molecule has 6 unspecified atom stereocenters. The molecule has 5 aliphatic rings. The van der Waals surface area contributed by atoms with Crippen LogP contribution in [0.1, 0.15) is 96.8 Å². The molecule has 2 N–H and O–H groups in total. The van der Waals surface area contributed by atoms with Gasteiger partial charge in [0, 0.05) is 11.0 Å². The van der Waals surface area contributed by atoms with Crippen molar-refractivity contribution in [2.45, 2.75) is 109 Å². The van der Waals surface area contributed by atoms with E-state index < -0.39 is 48.6 Å². The first-order valence-electron chi connectivity index (χ1n) is 18.1. The molecule has 5 fully saturated rings. The maximum Gasteiger partial charge on any atom is 0.489 e. The van der Waals surface area contributed by atoms with E-state index in [1.54, 1.807) is 0 Å². The van der Waals surface area contributed by atoms with Gasteiger partial charge in [-0.1, -0.05) is 47.1 Å². The van der Waals surface area contributed by atoms with Crippen LogP contribution in [-0.4, -0.2) is 76.9 Å². The molecule has 5 heterocycles. The van der Waals surface area contributed by atoms with Crippen LogP contribution >= 0.6 is 15.9 Å². The van der Waals surface area contributed by atoms with Crippen LogP contribution in [0.15, 0.2) is 46.9 Å². The van der Waals surface area contributed by atoms with Crippen LogP contribution in [-0.2, 0) is 34.6 Å². The average molecular weight is 761 g/mol. The van der Waals surface area contributed by atoms with Crippen molar-refractivity contribution in [2.75, 3.05) is 13.7 Å². The van der Waals surface area contributed by atoms with Crippen LogP contribution in [0.5, 0.6) is 0 Å². The number of nitrogens with zero attached hydrogens (tertiary/aromatic N) is 2. The van der Waals surface area contributed by atoms with Crippen LogP contribution in [0.3, 0.4) is 0 Å². The van der Waals surface area contributed by atoms with Crippen LogP contribution < -0.4 is 5.32 Å². The number of amides is 2. The van der Waals surface area contributed by atoms with Gasteiger partial charge >= 0.3 is 20.1 Å². The fourth-order valence-corrected chi connectivity index (χ4v) is 9.65. The third-order valence-corrected chi connectivity index (χ3v) is 13.8. The van der Waals surface area contributed by atoms with Gasteiger partial charge in [0.2, 0.25) is 0 Å². The minimum absolute atomic E-state index is 0.0109. The van der Waals surface area contributed by atoms with E-state index in [0.29, 0.717) is 18.5 Å². The summed E-state index contributed by atoms with van der Waals surface area (Å²) in [4.78, 5) is 38.0. The monoisotopic (exact) mass is 760 g/mol. The molecule has 11 nitrogen and oxygen atoms in total. The van der Waals surface area contributed by atoms with Crippen LogP contribution in [0.25, 0.3) is 11.0 Å². The number of halogens is 1. The van der Waals surface area contributed by atoms with Crippen LogP contribution in [0, 0.1) is 17.3 Å². The number of methoxy groups -OCH3 is 1. The van der Waals surface area contributed by atoms with Gasteiger partial charge in [-0.25, -0.2) is 9.78 Å². The summed E-state index contributed by atoms with van der Waals surface area (Å²) in [5.41, 5.74) is 1.01. The Morgan fingerprint density at radius 1 is 1.02 bits per heavy atom. The lowest BCUT2D eigenvalue weighted by Gasteiger charge is -2.52. The average Bonchev–Trinajstić information content (AvgIpc) is 3.30. The molecule has 270 valence electrons. The first kappa shape index (κ1) is 35.1. The Morgan fingerprint density at radius 3 is 2.39 bits per heavy atom. The maximum absolute atomic E-state index is 14.8. The van der Waals surface area contributed by atoms with Crippen molar-refractivity contribution in [3.05, 3.63) is 63.9 Å². The SMILES string of the molecule is COC(=O)NC(C(=O)N1CC2(CC2)CC1c1nc2ccc(Br)cc2[nH]1)c1cccc(CC2C(C)C3(C)OB(OC3(C)C)B3OC(C)(C)C2(C)O3)c1. The summed E-state index contributed by atoms with van der Waals surface area (Å²) < 4.78 is 32.4. The minimum atomic E-state index is -0.965. The first-order chi connectivity index (χ1) is 24.0. The summed E-state index contributed by atoms with van der Waals surface area (Å²) in [5, 5.41) is 2.89. The normalized spacial score (nSPS) is 31.9. The predicted octanol–water partition coefficient (Wildman–Crippen LogP) is 6.51. The molecule has 4 saturated heterocycles. The molecule has 2 amide bonds. The zero-order chi connectivity index (χ0) is 36.3. The van der Waals surface area contributed by atoms with Gasteiger partial charge < -0.3 is 38.6 Å². The van der Waals surface area contributed by atoms with Crippen molar-refractivity contribution in [1.82, 2.24) is 20.2 Å². The molecule has 4 aliphatic heterocycles. The smallest absolute Gasteiger partial charge is 0.453 e. The fraction of sp³-hybridized carbons (Fsp3) is 0.595. The van der Waals surface area contributed by atoms with E-state index in [1.807, 2.05) is 41.3 Å². The number of H-pyrrole nitrogens is 1. The molecule has 51 heavy (non-hydrogen) atoms. The minimum Gasteiger partial charge on any atom is -0.453 e.